The highest BCUT2D eigenvalue weighted by molar-refractivity contribution is 7.80. The zero-order valence-electron chi connectivity index (χ0n) is 20.3. The number of benzene rings is 3. The van der Waals surface area contributed by atoms with Crippen LogP contribution in [-0.4, -0.2) is 24.5 Å². The minimum Gasteiger partial charge on any atom is -0.490 e. The monoisotopic (exact) mass is 521 g/mol. The first-order valence-corrected chi connectivity index (χ1v) is 13.2. The highest BCUT2D eigenvalue weighted by Gasteiger charge is 2.15. The van der Waals surface area contributed by atoms with Crippen LogP contribution in [0.25, 0.3) is 0 Å². The van der Waals surface area contributed by atoms with Crippen LogP contribution < -0.4 is 20.2 Å². The molecule has 3 aromatic carbocycles. The predicted octanol–water partition coefficient (Wildman–Crippen LogP) is 6.84. The molecule has 2 N–H and O–H groups in total. The fraction of sp³-hybridized carbons (Fsp3) is 0.310. The van der Waals surface area contributed by atoms with Crippen molar-refractivity contribution in [2.75, 3.05) is 13.2 Å². The molecule has 0 saturated heterocycles. The summed E-state index contributed by atoms with van der Waals surface area (Å²) in [7, 11) is 0. The Morgan fingerprint density at radius 2 is 1.69 bits per heavy atom. The third-order valence-electron chi connectivity index (χ3n) is 6.20. The molecule has 0 radical (unpaired) electrons. The van der Waals surface area contributed by atoms with Crippen molar-refractivity contribution < 1.29 is 9.47 Å². The maximum Gasteiger partial charge on any atom is 0.187 e. The van der Waals surface area contributed by atoms with E-state index >= 15 is 0 Å². The Morgan fingerprint density at radius 3 is 2.47 bits per heavy atom. The summed E-state index contributed by atoms with van der Waals surface area (Å²) in [5.41, 5.74) is 6.14. The quantitative estimate of drug-likeness (QED) is 0.132. The van der Waals surface area contributed by atoms with Crippen LogP contribution in [0.1, 0.15) is 54.7 Å². The van der Waals surface area contributed by atoms with Crippen LogP contribution >= 0.6 is 23.8 Å². The number of nitrogens with zero attached hydrogens (tertiary/aromatic N) is 1. The molecule has 0 heterocycles. The number of thiocarbonyl (C=S) groups is 1. The lowest BCUT2D eigenvalue weighted by atomic mass is 9.84. The average Bonchev–Trinajstić information content (AvgIpc) is 2.92. The van der Waals surface area contributed by atoms with E-state index in [2.05, 4.69) is 40.1 Å². The Kier molecular flexibility index (Phi) is 10.0. The van der Waals surface area contributed by atoms with E-state index in [-0.39, 0.29) is 0 Å². The standard InChI is InChI=1S/C29H32ClN3O2S/c30-26-13-16-28(25(19-26)21-32-33-29(36)31-20-22-7-3-1-4-8-22)35-18-17-34-27-14-11-24(12-15-27)23-9-5-2-6-10-23/h1,3-4,7-8,11-16,19,21,23H,2,5-6,9-10,17-18,20H2,(H2,31,33,36)/b32-21-. The molecule has 188 valence electrons. The van der Waals surface area contributed by atoms with Crippen LogP contribution in [0.2, 0.25) is 5.02 Å². The molecule has 7 heteroatoms. The SMILES string of the molecule is S=C(NCc1ccccc1)N/N=C\c1cc(Cl)ccc1OCCOc1ccc(C2CCCCC2)cc1. The molecule has 1 fully saturated rings. The van der Waals surface area contributed by atoms with Crippen LogP contribution in [0.5, 0.6) is 11.5 Å². The van der Waals surface area contributed by atoms with Crippen molar-refractivity contribution in [1.29, 1.82) is 0 Å². The molecule has 3 aromatic rings. The summed E-state index contributed by atoms with van der Waals surface area (Å²) in [4.78, 5) is 0. The van der Waals surface area contributed by atoms with Gasteiger partial charge in [-0.3, -0.25) is 5.43 Å². The van der Waals surface area contributed by atoms with Gasteiger partial charge in [0.25, 0.3) is 0 Å². The normalized spacial score (nSPS) is 13.9. The van der Waals surface area contributed by atoms with E-state index in [1.807, 2.05) is 36.4 Å². The minimum absolute atomic E-state index is 0.400. The number of hydrogen-bond donors (Lipinski definition) is 2. The second kappa shape index (κ2) is 13.9. The molecule has 4 rings (SSSR count). The molecule has 1 aliphatic rings. The fourth-order valence-corrected chi connectivity index (χ4v) is 4.62. The van der Waals surface area contributed by atoms with E-state index in [1.54, 1.807) is 18.3 Å². The molecular formula is C29H32ClN3O2S. The van der Waals surface area contributed by atoms with Crippen LogP contribution in [-0.2, 0) is 6.54 Å². The number of rotatable bonds is 10. The number of halogens is 1. The zero-order valence-corrected chi connectivity index (χ0v) is 21.9. The molecule has 5 nitrogen and oxygen atoms in total. The van der Waals surface area contributed by atoms with Gasteiger partial charge in [-0.15, -0.1) is 0 Å². The molecule has 0 amide bonds. The lowest BCUT2D eigenvalue weighted by Gasteiger charge is -2.22. The van der Waals surface area contributed by atoms with Crippen molar-refractivity contribution >= 4 is 35.1 Å². The Bertz CT molecular complexity index is 1130. The van der Waals surface area contributed by atoms with Crippen LogP contribution in [0.15, 0.2) is 77.9 Å². The number of ether oxygens (including phenoxy) is 2. The van der Waals surface area contributed by atoms with Crippen molar-refractivity contribution in [1.82, 2.24) is 10.7 Å². The van der Waals surface area contributed by atoms with Gasteiger partial charge in [-0.1, -0.05) is 73.3 Å². The first-order valence-electron chi connectivity index (χ1n) is 12.4. The van der Waals surface area contributed by atoms with Crippen molar-refractivity contribution in [3.05, 3.63) is 94.5 Å². The minimum atomic E-state index is 0.400. The third-order valence-corrected chi connectivity index (χ3v) is 6.67. The van der Waals surface area contributed by atoms with Gasteiger partial charge in [0.2, 0.25) is 0 Å². The largest absolute Gasteiger partial charge is 0.490 e. The maximum atomic E-state index is 6.19. The summed E-state index contributed by atoms with van der Waals surface area (Å²) in [5, 5.41) is 8.39. The lowest BCUT2D eigenvalue weighted by Crippen LogP contribution is -2.31. The third kappa shape index (κ3) is 8.25. The van der Waals surface area contributed by atoms with E-state index in [1.165, 1.54) is 37.7 Å². The molecule has 0 bridgehead atoms. The Balaban J connectivity index is 1.22. The Morgan fingerprint density at radius 1 is 0.944 bits per heavy atom. The van der Waals surface area contributed by atoms with Gasteiger partial charge >= 0.3 is 0 Å². The molecule has 0 unspecified atom stereocenters. The van der Waals surface area contributed by atoms with E-state index in [9.17, 15) is 0 Å². The second-order valence-corrected chi connectivity index (χ2v) is 9.67. The number of hydrogen-bond acceptors (Lipinski definition) is 4. The average molecular weight is 522 g/mol. The van der Waals surface area contributed by atoms with E-state index in [0.29, 0.717) is 41.6 Å². The summed E-state index contributed by atoms with van der Waals surface area (Å²) >= 11 is 11.5. The molecule has 0 aromatic heterocycles. The van der Waals surface area contributed by atoms with Gasteiger partial charge in [-0.2, -0.15) is 5.10 Å². The van der Waals surface area contributed by atoms with E-state index in [0.717, 1.165) is 16.9 Å². The summed E-state index contributed by atoms with van der Waals surface area (Å²) in [6, 6.07) is 24.0. The van der Waals surface area contributed by atoms with Crippen molar-refractivity contribution in [3.8, 4) is 11.5 Å². The second-order valence-electron chi connectivity index (χ2n) is 8.82. The molecule has 0 atom stereocenters. The van der Waals surface area contributed by atoms with Crippen molar-refractivity contribution in [3.63, 3.8) is 0 Å². The summed E-state index contributed by atoms with van der Waals surface area (Å²) in [6.45, 7) is 1.46. The first kappa shape index (κ1) is 26.0. The maximum absolute atomic E-state index is 6.19. The summed E-state index contributed by atoms with van der Waals surface area (Å²) in [6.07, 6.45) is 8.28. The van der Waals surface area contributed by atoms with E-state index < -0.39 is 0 Å². The van der Waals surface area contributed by atoms with Gasteiger partial charge in [-0.25, -0.2) is 0 Å². The van der Waals surface area contributed by atoms with Gasteiger partial charge in [0.15, 0.2) is 5.11 Å². The topological polar surface area (TPSA) is 54.9 Å². The molecule has 0 aliphatic heterocycles. The highest BCUT2D eigenvalue weighted by atomic mass is 35.5. The smallest absolute Gasteiger partial charge is 0.187 e. The first-order chi connectivity index (χ1) is 17.7. The molecular weight excluding hydrogens is 490 g/mol. The summed E-state index contributed by atoms with van der Waals surface area (Å²) < 4.78 is 11.8. The van der Waals surface area contributed by atoms with Crippen molar-refractivity contribution in [2.45, 2.75) is 44.6 Å². The molecule has 36 heavy (non-hydrogen) atoms. The van der Waals surface area contributed by atoms with Gasteiger partial charge in [0, 0.05) is 17.1 Å². The van der Waals surface area contributed by atoms with Gasteiger partial charge < -0.3 is 14.8 Å². The molecule has 1 aliphatic carbocycles. The predicted molar refractivity (Wildman–Crippen MR) is 151 cm³/mol. The van der Waals surface area contributed by atoms with Crippen molar-refractivity contribution in [2.24, 2.45) is 5.10 Å². The van der Waals surface area contributed by atoms with Crippen LogP contribution in [0, 0.1) is 0 Å². The Labute approximate surface area is 223 Å². The molecule has 1 saturated carbocycles. The fourth-order valence-electron chi connectivity index (χ4n) is 4.31. The zero-order chi connectivity index (χ0) is 25.0. The van der Waals surface area contributed by atoms with E-state index in [4.69, 9.17) is 33.3 Å². The van der Waals surface area contributed by atoms with Gasteiger partial charge in [0.05, 0.1) is 6.21 Å². The highest BCUT2D eigenvalue weighted by Crippen LogP contribution is 2.33. The van der Waals surface area contributed by atoms with Gasteiger partial charge in [0.1, 0.15) is 24.7 Å². The van der Waals surface area contributed by atoms with Crippen LogP contribution in [0.4, 0.5) is 0 Å². The molecule has 0 spiro atoms. The Hall–Kier alpha value is -3.09. The summed E-state index contributed by atoms with van der Waals surface area (Å²) in [5.74, 6) is 2.23. The number of nitrogens with one attached hydrogen (secondary N) is 2. The number of hydrazone groups is 1. The van der Waals surface area contributed by atoms with Gasteiger partial charge in [-0.05, 0) is 72.4 Å². The van der Waals surface area contributed by atoms with Crippen LogP contribution in [0.3, 0.4) is 0 Å². The lowest BCUT2D eigenvalue weighted by molar-refractivity contribution is 0.217.